The fourth-order valence-corrected chi connectivity index (χ4v) is 2.69. The summed E-state index contributed by atoms with van der Waals surface area (Å²) in [6.07, 6.45) is 5.70. The molecule has 0 bridgehead atoms. The van der Waals surface area contributed by atoms with Crippen LogP contribution in [0.5, 0.6) is 0 Å². The fourth-order valence-electron chi connectivity index (χ4n) is 2.69. The molecule has 4 heteroatoms. The van der Waals surface area contributed by atoms with E-state index in [0.29, 0.717) is 12.8 Å². The third-order valence-electron chi connectivity index (χ3n) is 4.25. The number of hydrogen-bond donors (Lipinski definition) is 1. The molecule has 0 radical (unpaired) electrons. The summed E-state index contributed by atoms with van der Waals surface area (Å²) in [5, 5.41) is 2.92. The molecule has 0 aromatic heterocycles. The van der Waals surface area contributed by atoms with Crippen molar-refractivity contribution in [1.29, 1.82) is 0 Å². The Bertz CT molecular complexity index is 594. The van der Waals surface area contributed by atoms with Crippen LogP contribution in [0, 0.1) is 18.8 Å². The van der Waals surface area contributed by atoms with Crippen LogP contribution in [0.15, 0.2) is 36.4 Å². The van der Waals surface area contributed by atoms with Crippen LogP contribution in [-0.4, -0.2) is 18.0 Å². The van der Waals surface area contributed by atoms with Crippen molar-refractivity contribution >= 4 is 17.6 Å². The lowest BCUT2D eigenvalue weighted by atomic mass is 9.82. The number of carbonyl (C=O) groups excluding carboxylic acids is 2. The molecule has 3 atom stereocenters. The van der Waals surface area contributed by atoms with E-state index in [9.17, 15) is 9.59 Å². The molecule has 1 aromatic rings. The van der Waals surface area contributed by atoms with Gasteiger partial charge in [-0.05, 0) is 50.8 Å². The van der Waals surface area contributed by atoms with Gasteiger partial charge in [0.25, 0.3) is 0 Å². The molecule has 0 aliphatic heterocycles. The van der Waals surface area contributed by atoms with Gasteiger partial charge in [0.05, 0.1) is 17.9 Å². The van der Waals surface area contributed by atoms with Crippen LogP contribution in [0.3, 0.4) is 0 Å². The van der Waals surface area contributed by atoms with E-state index < -0.39 is 5.92 Å². The number of ether oxygens (including phenoxy) is 1. The Morgan fingerprint density at radius 1 is 1.26 bits per heavy atom. The van der Waals surface area contributed by atoms with Gasteiger partial charge in [-0.2, -0.15) is 0 Å². The molecule has 0 fully saturated rings. The second-order valence-corrected chi connectivity index (χ2v) is 6.17. The van der Waals surface area contributed by atoms with E-state index >= 15 is 0 Å². The normalized spacial score (nSPS) is 21.5. The molecule has 0 heterocycles. The zero-order valence-electron chi connectivity index (χ0n) is 14.0. The first-order valence-electron chi connectivity index (χ1n) is 8.24. The van der Waals surface area contributed by atoms with Crippen LogP contribution in [0.1, 0.15) is 38.7 Å². The van der Waals surface area contributed by atoms with Crippen molar-refractivity contribution in [2.45, 2.75) is 46.1 Å². The maximum atomic E-state index is 12.6. The first-order valence-corrected chi connectivity index (χ1v) is 8.24. The van der Waals surface area contributed by atoms with Crippen molar-refractivity contribution in [2.24, 2.45) is 11.8 Å². The summed E-state index contributed by atoms with van der Waals surface area (Å²) in [5.74, 6) is -1.17. The van der Waals surface area contributed by atoms with E-state index in [1.807, 2.05) is 57.2 Å². The van der Waals surface area contributed by atoms with Crippen molar-refractivity contribution in [3.8, 4) is 0 Å². The third-order valence-corrected chi connectivity index (χ3v) is 4.25. The van der Waals surface area contributed by atoms with Gasteiger partial charge in [-0.15, -0.1) is 0 Å². The third kappa shape index (κ3) is 4.68. The minimum absolute atomic E-state index is 0.117. The SMILES string of the molecule is CC[C@H](C)OC(=O)[C@H]1CC=CC[C@H]1C(=O)Nc1cccc(C)c1. The van der Waals surface area contributed by atoms with Gasteiger partial charge in [-0.25, -0.2) is 0 Å². The maximum absolute atomic E-state index is 12.6. The quantitative estimate of drug-likeness (QED) is 0.663. The number of anilines is 1. The highest BCUT2D eigenvalue weighted by Crippen LogP contribution is 2.28. The van der Waals surface area contributed by atoms with Gasteiger partial charge in [0, 0.05) is 5.69 Å². The van der Waals surface area contributed by atoms with Crippen LogP contribution < -0.4 is 5.32 Å². The summed E-state index contributed by atoms with van der Waals surface area (Å²) in [6.45, 7) is 5.82. The van der Waals surface area contributed by atoms with E-state index in [1.54, 1.807) is 0 Å². The Hall–Kier alpha value is -2.10. The number of esters is 1. The number of nitrogens with one attached hydrogen (secondary N) is 1. The van der Waals surface area contributed by atoms with Gasteiger partial charge < -0.3 is 10.1 Å². The Morgan fingerprint density at radius 3 is 2.61 bits per heavy atom. The van der Waals surface area contributed by atoms with Crippen molar-refractivity contribution in [3.05, 3.63) is 42.0 Å². The summed E-state index contributed by atoms with van der Waals surface area (Å²) in [6, 6.07) is 7.66. The van der Waals surface area contributed by atoms with Crippen molar-refractivity contribution in [3.63, 3.8) is 0 Å². The number of aryl methyl sites for hydroxylation is 1. The Morgan fingerprint density at radius 2 is 1.96 bits per heavy atom. The summed E-state index contributed by atoms with van der Waals surface area (Å²) in [7, 11) is 0. The topological polar surface area (TPSA) is 55.4 Å². The Labute approximate surface area is 137 Å². The molecule has 1 amide bonds. The lowest BCUT2D eigenvalue weighted by Crippen LogP contribution is -2.36. The lowest BCUT2D eigenvalue weighted by molar-refractivity contribution is -0.157. The van der Waals surface area contributed by atoms with Crippen LogP contribution in [0.2, 0.25) is 0 Å². The Balaban J connectivity index is 2.07. The number of carbonyl (C=O) groups is 2. The van der Waals surface area contributed by atoms with E-state index in [1.165, 1.54) is 0 Å². The first-order chi connectivity index (χ1) is 11.0. The largest absolute Gasteiger partial charge is 0.462 e. The molecule has 0 spiro atoms. The second kappa shape index (κ2) is 7.95. The van der Waals surface area contributed by atoms with Crippen molar-refractivity contribution in [1.82, 2.24) is 0 Å². The highest BCUT2D eigenvalue weighted by molar-refractivity contribution is 5.95. The van der Waals surface area contributed by atoms with Crippen LogP contribution in [0.25, 0.3) is 0 Å². The van der Waals surface area contributed by atoms with Gasteiger partial charge in [0.15, 0.2) is 0 Å². The van der Waals surface area contributed by atoms with Crippen molar-refractivity contribution in [2.75, 3.05) is 5.32 Å². The highest BCUT2D eigenvalue weighted by atomic mass is 16.5. The van der Waals surface area contributed by atoms with Gasteiger partial charge in [0.2, 0.25) is 5.91 Å². The molecule has 0 saturated heterocycles. The molecule has 1 aliphatic carbocycles. The van der Waals surface area contributed by atoms with E-state index in [0.717, 1.165) is 17.7 Å². The molecular formula is C19H25NO3. The smallest absolute Gasteiger partial charge is 0.310 e. The molecule has 1 N–H and O–H groups in total. The zero-order chi connectivity index (χ0) is 16.8. The van der Waals surface area contributed by atoms with Crippen LogP contribution >= 0.6 is 0 Å². The minimum Gasteiger partial charge on any atom is -0.462 e. The van der Waals surface area contributed by atoms with E-state index in [4.69, 9.17) is 4.74 Å². The first kappa shape index (κ1) is 17.3. The molecule has 4 nitrogen and oxygen atoms in total. The predicted octanol–water partition coefficient (Wildman–Crippen LogP) is 3.86. The monoisotopic (exact) mass is 315 g/mol. The number of allylic oxidation sites excluding steroid dienone is 2. The number of rotatable bonds is 5. The van der Waals surface area contributed by atoms with Crippen LogP contribution in [0.4, 0.5) is 5.69 Å². The van der Waals surface area contributed by atoms with E-state index in [-0.39, 0.29) is 23.9 Å². The summed E-state index contributed by atoms with van der Waals surface area (Å²) < 4.78 is 5.44. The molecule has 1 aliphatic rings. The lowest BCUT2D eigenvalue weighted by Gasteiger charge is -2.27. The van der Waals surface area contributed by atoms with Gasteiger partial charge in [-0.3, -0.25) is 9.59 Å². The van der Waals surface area contributed by atoms with E-state index in [2.05, 4.69) is 5.32 Å². The van der Waals surface area contributed by atoms with Gasteiger partial charge in [0.1, 0.15) is 0 Å². The molecule has 23 heavy (non-hydrogen) atoms. The number of amides is 1. The molecule has 2 rings (SSSR count). The minimum atomic E-state index is -0.404. The molecule has 124 valence electrons. The molecular weight excluding hydrogens is 290 g/mol. The average molecular weight is 315 g/mol. The summed E-state index contributed by atoms with van der Waals surface area (Å²) >= 11 is 0. The van der Waals surface area contributed by atoms with Crippen molar-refractivity contribution < 1.29 is 14.3 Å². The highest BCUT2D eigenvalue weighted by Gasteiger charge is 2.35. The average Bonchev–Trinajstić information content (AvgIpc) is 2.54. The molecule has 0 saturated carbocycles. The fraction of sp³-hybridized carbons (Fsp3) is 0.474. The predicted molar refractivity (Wildman–Crippen MR) is 91.0 cm³/mol. The number of benzene rings is 1. The van der Waals surface area contributed by atoms with Crippen LogP contribution in [-0.2, 0) is 14.3 Å². The molecule has 1 aromatic carbocycles. The van der Waals surface area contributed by atoms with Gasteiger partial charge >= 0.3 is 5.97 Å². The standard InChI is InChI=1S/C19H25NO3/c1-4-14(3)23-19(22)17-11-6-5-10-16(17)18(21)20-15-9-7-8-13(2)12-15/h5-9,12,14,16-17H,4,10-11H2,1-3H3,(H,20,21)/t14-,16+,17-/m0/s1. The zero-order valence-corrected chi connectivity index (χ0v) is 14.0. The Kier molecular flexibility index (Phi) is 5.97. The second-order valence-electron chi connectivity index (χ2n) is 6.17. The maximum Gasteiger partial charge on any atom is 0.310 e. The van der Waals surface area contributed by atoms with Gasteiger partial charge in [-0.1, -0.05) is 31.2 Å². The molecule has 0 unspecified atom stereocenters. The summed E-state index contributed by atoms with van der Waals surface area (Å²) in [5.41, 5.74) is 1.85. The number of hydrogen-bond acceptors (Lipinski definition) is 3. The summed E-state index contributed by atoms with van der Waals surface area (Å²) in [4.78, 5) is 24.9.